The third-order valence-electron chi connectivity index (χ3n) is 4.87. The zero-order valence-electron chi connectivity index (χ0n) is 15.2. The number of carboxylic acid groups (broad SMARTS) is 1. The number of halogens is 2. The summed E-state index contributed by atoms with van der Waals surface area (Å²) in [7, 11) is 0. The Hall–Kier alpha value is -2.60. The van der Waals surface area contributed by atoms with E-state index in [1.165, 1.54) is 18.9 Å². The Kier molecular flexibility index (Phi) is 6.52. The van der Waals surface area contributed by atoms with Crippen molar-refractivity contribution in [3.8, 4) is 5.75 Å². The van der Waals surface area contributed by atoms with E-state index in [9.17, 15) is 19.1 Å². The average Bonchev–Trinajstić information content (AvgIpc) is 3.20. The van der Waals surface area contributed by atoms with Gasteiger partial charge in [0, 0.05) is 6.07 Å². The van der Waals surface area contributed by atoms with Crippen molar-refractivity contribution >= 4 is 23.5 Å². The predicted molar refractivity (Wildman–Crippen MR) is 103 cm³/mol. The second kappa shape index (κ2) is 9.06. The van der Waals surface area contributed by atoms with E-state index in [1.807, 2.05) is 0 Å². The highest BCUT2D eigenvalue weighted by Gasteiger charge is 2.25. The van der Waals surface area contributed by atoms with Crippen LogP contribution < -0.4 is 10.1 Å². The maximum atomic E-state index is 14.5. The number of carboxylic acids is 1. The molecule has 0 spiro atoms. The average molecular weight is 406 g/mol. The van der Waals surface area contributed by atoms with Crippen LogP contribution in [0.1, 0.15) is 47.6 Å². The highest BCUT2D eigenvalue weighted by atomic mass is 35.5. The lowest BCUT2D eigenvalue weighted by Gasteiger charge is -2.16. The van der Waals surface area contributed by atoms with Gasteiger partial charge >= 0.3 is 5.97 Å². The maximum absolute atomic E-state index is 14.5. The van der Waals surface area contributed by atoms with Crippen LogP contribution in [0.2, 0.25) is 5.02 Å². The largest absolute Gasteiger partial charge is 0.492 e. The van der Waals surface area contributed by atoms with E-state index in [4.69, 9.17) is 16.3 Å². The molecule has 3 rings (SSSR count). The zero-order chi connectivity index (χ0) is 20.1. The summed E-state index contributed by atoms with van der Waals surface area (Å²) in [5.74, 6) is -2.31. The fourth-order valence-electron chi connectivity index (χ4n) is 3.34. The van der Waals surface area contributed by atoms with E-state index in [0.29, 0.717) is 18.1 Å². The molecule has 1 aliphatic carbocycles. The smallest absolute Gasteiger partial charge is 0.330 e. The Labute approximate surface area is 167 Å². The van der Waals surface area contributed by atoms with E-state index in [-0.39, 0.29) is 16.3 Å². The van der Waals surface area contributed by atoms with E-state index < -0.39 is 23.7 Å². The Morgan fingerprint density at radius 3 is 2.54 bits per heavy atom. The van der Waals surface area contributed by atoms with Crippen molar-refractivity contribution in [2.45, 2.75) is 31.7 Å². The summed E-state index contributed by atoms with van der Waals surface area (Å²) in [5.41, 5.74) is 0.0479. The summed E-state index contributed by atoms with van der Waals surface area (Å²) in [6.07, 6.45) is 4.50. The summed E-state index contributed by atoms with van der Waals surface area (Å²) in [5, 5.41) is 11.9. The molecule has 2 aromatic rings. The number of ether oxygens (including phenoxy) is 1. The van der Waals surface area contributed by atoms with Crippen LogP contribution in [-0.4, -0.2) is 23.6 Å². The third-order valence-corrected chi connectivity index (χ3v) is 5.17. The molecule has 1 saturated carbocycles. The van der Waals surface area contributed by atoms with Gasteiger partial charge in [0.05, 0.1) is 17.2 Å². The van der Waals surface area contributed by atoms with Crippen LogP contribution in [0, 0.1) is 11.7 Å². The van der Waals surface area contributed by atoms with Crippen LogP contribution in [0.5, 0.6) is 5.75 Å². The van der Waals surface area contributed by atoms with Crippen molar-refractivity contribution in [3.63, 3.8) is 0 Å². The first kappa shape index (κ1) is 20.1. The predicted octanol–water partition coefficient (Wildman–Crippen LogP) is 4.60. The highest BCUT2D eigenvalue weighted by molar-refractivity contribution is 6.32. The van der Waals surface area contributed by atoms with Gasteiger partial charge in [0.2, 0.25) is 0 Å². The molecule has 148 valence electrons. The minimum Gasteiger partial charge on any atom is -0.492 e. The van der Waals surface area contributed by atoms with Gasteiger partial charge in [-0.1, -0.05) is 54.8 Å². The number of hydrogen-bond acceptors (Lipinski definition) is 3. The maximum Gasteiger partial charge on any atom is 0.330 e. The van der Waals surface area contributed by atoms with Crippen LogP contribution in [0.15, 0.2) is 42.5 Å². The van der Waals surface area contributed by atoms with Crippen molar-refractivity contribution in [2.24, 2.45) is 5.92 Å². The summed E-state index contributed by atoms with van der Waals surface area (Å²) in [6, 6.07) is 9.13. The zero-order valence-corrected chi connectivity index (χ0v) is 15.9. The number of carbonyl (C=O) groups is 2. The Balaban J connectivity index is 1.73. The molecule has 0 saturated heterocycles. The first-order valence-corrected chi connectivity index (χ1v) is 9.54. The standard InChI is InChI=1S/C21H21ClFNO4/c22-16-10-15(17(23)11-18(16)28-12-13-6-4-5-7-13)20(25)24-19(21(26)27)14-8-2-1-3-9-14/h1-3,8-11,13,19H,4-7,12H2,(H,24,25)(H,26,27)/t19-/m1/s1. The van der Waals surface area contributed by atoms with Crippen LogP contribution in [-0.2, 0) is 4.79 Å². The molecule has 1 amide bonds. The van der Waals surface area contributed by atoms with E-state index in [1.54, 1.807) is 30.3 Å². The second-order valence-corrected chi connectivity index (χ2v) is 7.29. The van der Waals surface area contributed by atoms with Crippen LogP contribution >= 0.6 is 11.6 Å². The SMILES string of the molecule is O=C(N[C@@H](C(=O)O)c1ccccc1)c1cc(Cl)c(OCC2CCCC2)cc1F. The molecule has 5 nitrogen and oxygen atoms in total. The molecule has 1 aliphatic rings. The van der Waals surface area contributed by atoms with Gasteiger partial charge < -0.3 is 15.2 Å². The number of aliphatic carboxylic acids is 1. The van der Waals surface area contributed by atoms with Gasteiger partial charge in [0.1, 0.15) is 11.6 Å². The van der Waals surface area contributed by atoms with Gasteiger partial charge in [-0.15, -0.1) is 0 Å². The van der Waals surface area contributed by atoms with Gasteiger partial charge in [-0.2, -0.15) is 0 Å². The van der Waals surface area contributed by atoms with Crippen molar-refractivity contribution in [1.29, 1.82) is 0 Å². The van der Waals surface area contributed by atoms with Gasteiger partial charge in [0.25, 0.3) is 5.91 Å². The molecule has 1 atom stereocenters. The molecule has 2 aromatic carbocycles. The molecule has 0 radical (unpaired) electrons. The Bertz CT molecular complexity index is 853. The van der Waals surface area contributed by atoms with Crippen LogP contribution in [0.25, 0.3) is 0 Å². The molecule has 28 heavy (non-hydrogen) atoms. The fraction of sp³-hybridized carbons (Fsp3) is 0.333. The van der Waals surface area contributed by atoms with Gasteiger partial charge in [-0.05, 0) is 30.4 Å². The number of hydrogen-bond donors (Lipinski definition) is 2. The number of amides is 1. The van der Waals surface area contributed by atoms with E-state index in [2.05, 4.69) is 5.32 Å². The van der Waals surface area contributed by atoms with Crippen molar-refractivity contribution in [3.05, 3.63) is 64.4 Å². The first-order chi connectivity index (χ1) is 13.5. The van der Waals surface area contributed by atoms with Gasteiger partial charge in [0.15, 0.2) is 6.04 Å². The number of nitrogens with one attached hydrogen (secondary N) is 1. The summed E-state index contributed by atoms with van der Waals surface area (Å²) in [6.45, 7) is 0.458. The number of carbonyl (C=O) groups excluding carboxylic acids is 1. The molecular weight excluding hydrogens is 385 g/mol. The van der Waals surface area contributed by atoms with Crippen LogP contribution in [0.4, 0.5) is 4.39 Å². The lowest BCUT2D eigenvalue weighted by molar-refractivity contribution is -0.139. The lowest BCUT2D eigenvalue weighted by atomic mass is 10.1. The van der Waals surface area contributed by atoms with Gasteiger partial charge in [-0.3, -0.25) is 4.79 Å². The minimum absolute atomic E-state index is 0.108. The fourth-order valence-corrected chi connectivity index (χ4v) is 3.56. The van der Waals surface area contributed by atoms with Crippen molar-refractivity contribution in [2.75, 3.05) is 6.61 Å². The summed E-state index contributed by atoms with van der Waals surface area (Å²) < 4.78 is 20.1. The topological polar surface area (TPSA) is 75.6 Å². The summed E-state index contributed by atoms with van der Waals surface area (Å²) >= 11 is 6.16. The molecule has 7 heteroatoms. The molecule has 0 unspecified atom stereocenters. The normalized spacial score (nSPS) is 15.2. The molecule has 0 aromatic heterocycles. The number of rotatable bonds is 7. The number of benzene rings is 2. The molecule has 0 aliphatic heterocycles. The molecule has 0 heterocycles. The van der Waals surface area contributed by atoms with Gasteiger partial charge in [-0.25, -0.2) is 9.18 Å². The third kappa shape index (κ3) is 4.81. The molecular formula is C21H21ClFNO4. The highest BCUT2D eigenvalue weighted by Crippen LogP contribution is 2.31. The first-order valence-electron chi connectivity index (χ1n) is 9.16. The van der Waals surface area contributed by atoms with Crippen molar-refractivity contribution < 1.29 is 23.8 Å². The molecule has 0 bridgehead atoms. The Morgan fingerprint density at radius 1 is 1.21 bits per heavy atom. The minimum atomic E-state index is -1.30. The summed E-state index contributed by atoms with van der Waals surface area (Å²) in [4.78, 5) is 24.0. The van der Waals surface area contributed by atoms with Crippen molar-refractivity contribution in [1.82, 2.24) is 5.32 Å². The lowest BCUT2D eigenvalue weighted by Crippen LogP contribution is -2.34. The quantitative estimate of drug-likeness (QED) is 0.705. The monoisotopic (exact) mass is 405 g/mol. The Morgan fingerprint density at radius 2 is 1.89 bits per heavy atom. The molecule has 1 fully saturated rings. The van der Waals surface area contributed by atoms with Crippen LogP contribution in [0.3, 0.4) is 0 Å². The van der Waals surface area contributed by atoms with E-state index in [0.717, 1.165) is 18.9 Å². The second-order valence-electron chi connectivity index (χ2n) is 6.88. The molecule has 2 N–H and O–H groups in total. The van der Waals surface area contributed by atoms with E-state index >= 15 is 0 Å².